The molecule has 0 atom stereocenters. The Bertz CT molecular complexity index is 200. The first-order valence-electron chi connectivity index (χ1n) is 3.38. The molecule has 3 nitrogen and oxygen atoms in total. The Hall–Kier alpha value is -1.20. The normalized spacial score (nSPS) is 11.8. The fourth-order valence-electron chi connectivity index (χ4n) is 0.592. The first-order valence-corrected chi connectivity index (χ1v) is 3.38. The van der Waals surface area contributed by atoms with Crippen molar-refractivity contribution in [2.45, 2.75) is 6.18 Å². The summed E-state index contributed by atoms with van der Waals surface area (Å²) >= 11 is 0. The molecule has 0 aliphatic heterocycles. The smallest absolute Gasteiger partial charge is 0.405 e. The maximum Gasteiger partial charge on any atom is 0.405 e. The van der Waals surface area contributed by atoms with Crippen molar-refractivity contribution < 1.29 is 22.7 Å². The van der Waals surface area contributed by atoms with Crippen molar-refractivity contribution in [2.75, 3.05) is 20.7 Å². The van der Waals surface area contributed by atoms with Crippen molar-refractivity contribution in [3.63, 3.8) is 0 Å². The van der Waals surface area contributed by atoms with E-state index >= 15 is 0 Å². The van der Waals surface area contributed by atoms with Crippen molar-refractivity contribution in [1.82, 2.24) is 4.90 Å². The van der Waals surface area contributed by atoms with E-state index in [-0.39, 0.29) is 0 Å². The van der Waals surface area contributed by atoms with E-state index in [0.29, 0.717) is 0 Å². The molecule has 0 unspecified atom stereocenters. The number of alkyl halides is 3. The molecule has 0 amide bonds. The summed E-state index contributed by atoms with van der Waals surface area (Å²) < 4.78 is 39.4. The molecule has 13 heavy (non-hydrogen) atoms. The minimum Gasteiger partial charge on any atom is -0.466 e. The zero-order valence-electron chi connectivity index (χ0n) is 7.26. The molecule has 6 heteroatoms. The molecule has 0 saturated carbocycles. The molecule has 0 rings (SSSR count). The predicted octanol–water partition coefficient (Wildman–Crippen LogP) is 1.17. The molecular formula is C7H10F3NO2. The Kier molecular flexibility index (Phi) is 4.30. The van der Waals surface area contributed by atoms with Gasteiger partial charge in [0.1, 0.15) is 6.54 Å². The monoisotopic (exact) mass is 197 g/mol. The molecule has 0 aromatic heterocycles. The number of halogens is 3. The third-order valence-electron chi connectivity index (χ3n) is 1.09. The highest BCUT2D eigenvalue weighted by Gasteiger charge is 2.28. The highest BCUT2D eigenvalue weighted by atomic mass is 19.4. The van der Waals surface area contributed by atoms with Crippen LogP contribution in [0.5, 0.6) is 0 Å². The molecule has 0 aromatic rings. The van der Waals surface area contributed by atoms with Crippen LogP contribution in [0.15, 0.2) is 12.3 Å². The average Bonchev–Trinajstić information content (AvgIpc) is 1.97. The van der Waals surface area contributed by atoms with Crippen LogP contribution in [-0.2, 0) is 9.53 Å². The maximum absolute atomic E-state index is 11.7. The summed E-state index contributed by atoms with van der Waals surface area (Å²) in [7, 11) is 2.36. The number of hydrogen-bond donors (Lipinski definition) is 0. The van der Waals surface area contributed by atoms with Crippen LogP contribution in [0.4, 0.5) is 13.2 Å². The largest absolute Gasteiger partial charge is 0.466 e. The summed E-state index contributed by atoms with van der Waals surface area (Å²) in [6.07, 6.45) is -2.33. The zero-order chi connectivity index (χ0) is 10.5. The summed E-state index contributed by atoms with van der Waals surface area (Å²) in [5.41, 5.74) is 0. The molecule has 0 aromatic carbocycles. The van der Waals surface area contributed by atoms with Crippen LogP contribution in [0.2, 0.25) is 0 Å². The van der Waals surface area contributed by atoms with Gasteiger partial charge in [-0.15, -0.1) is 0 Å². The van der Waals surface area contributed by atoms with Crippen molar-refractivity contribution in [3.05, 3.63) is 12.3 Å². The lowest BCUT2D eigenvalue weighted by molar-refractivity contribution is -0.139. The Morgan fingerprint density at radius 3 is 2.46 bits per heavy atom. The fourth-order valence-corrected chi connectivity index (χ4v) is 0.592. The summed E-state index contributed by atoms with van der Waals surface area (Å²) in [6, 6.07) is 0. The Balaban J connectivity index is 3.94. The van der Waals surface area contributed by atoms with Gasteiger partial charge in [-0.1, -0.05) is 0 Å². The quantitative estimate of drug-likeness (QED) is 0.502. The van der Waals surface area contributed by atoms with Crippen LogP contribution in [0.1, 0.15) is 0 Å². The SMILES string of the molecule is COC(=O)C=CN(C)CC(F)(F)F. The molecule has 0 radical (unpaired) electrons. The van der Waals surface area contributed by atoms with E-state index in [4.69, 9.17) is 0 Å². The predicted molar refractivity (Wildman–Crippen MR) is 39.8 cm³/mol. The molecule has 0 aliphatic carbocycles. The van der Waals surface area contributed by atoms with Gasteiger partial charge in [-0.2, -0.15) is 13.2 Å². The van der Waals surface area contributed by atoms with Gasteiger partial charge in [0, 0.05) is 19.3 Å². The van der Waals surface area contributed by atoms with Crippen LogP contribution in [-0.4, -0.2) is 37.7 Å². The average molecular weight is 197 g/mol. The summed E-state index contributed by atoms with van der Waals surface area (Å²) in [4.78, 5) is 11.3. The van der Waals surface area contributed by atoms with Gasteiger partial charge in [-0.05, 0) is 0 Å². The molecule has 0 bridgehead atoms. The van der Waals surface area contributed by atoms with Gasteiger partial charge in [-0.3, -0.25) is 0 Å². The maximum atomic E-state index is 11.7. The van der Waals surface area contributed by atoms with E-state index in [1.54, 1.807) is 0 Å². The standard InChI is InChI=1S/C7H10F3NO2/c1-11(5-7(8,9)10)4-3-6(12)13-2/h3-4H,5H2,1-2H3. The lowest BCUT2D eigenvalue weighted by Gasteiger charge is -2.15. The van der Waals surface area contributed by atoms with E-state index in [2.05, 4.69) is 4.74 Å². The van der Waals surface area contributed by atoms with E-state index < -0.39 is 18.7 Å². The van der Waals surface area contributed by atoms with Crippen molar-refractivity contribution in [3.8, 4) is 0 Å². The Labute approximate surface area is 73.8 Å². The highest BCUT2D eigenvalue weighted by molar-refractivity contribution is 5.81. The van der Waals surface area contributed by atoms with E-state index in [1.165, 1.54) is 7.05 Å². The first kappa shape index (κ1) is 11.8. The number of carbonyl (C=O) groups excluding carboxylic acids is 1. The third-order valence-corrected chi connectivity index (χ3v) is 1.09. The molecular weight excluding hydrogens is 187 g/mol. The molecule has 0 fully saturated rings. The number of nitrogens with zero attached hydrogens (tertiary/aromatic N) is 1. The second-order valence-electron chi connectivity index (χ2n) is 2.37. The van der Waals surface area contributed by atoms with Crippen LogP contribution in [0.25, 0.3) is 0 Å². The van der Waals surface area contributed by atoms with E-state index in [0.717, 1.165) is 24.3 Å². The molecule has 0 N–H and O–H groups in total. The number of hydrogen-bond acceptors (Lipinski definition) is 3. The number of esters is 1. The second kappa shape index (κ2) is 4.74. The van der Waals surface area contributed by atoms with Gasteiger partial charge in [0.2, 0.25) is 0 Å². The number of methoxy groups -OCH3 is 1. The molecule has 0 spiro atoms. The summed E-state index contributed by atoms with van der Waals surface area (Å²) in [6.45, 7) is -1.10. The van der Waals surface area contributed by atoms with Gasteiger partial charge in [0.15, 0.2) is 0 Å². The van der Waals surface area contributed by atoms with Crippen LogP contribution in [0.3, 0.4) is 0 Å². The topological polar surface area (TPSA) is 29.5 Å². The minimum atomic E-state index is -4.27. The van der Waals surface area contributed by atoms with Crippen molar-refractivity contribution in [1.29, 1.82) is 0 Å². The molecule has 0 aliphatic rings. The van der Waals surface area contributed by atoms with E-state index in [9.17, 15) is 18.0 Å². The lowest BCUT2D eigenvalue weighted by atomic mass is 10.5. The van der Waals surface area contributed by atoms with Gasteiger partial charge < -0.3 is 9.64 Å². The van der Waals surface area contributed by atoms with Crippen LogP contribution < -0.4 is 0 Å². The van der Waals surface area contributed by atoms with Crippen molar-refractivity contribution >= 4 is 5.97 Å². The second-order valence-corrected chi connectivity index (χ2v) is 2.37. The number of ether oxygens (including phenoxy) is 1. The fraction of sp³-hybridized carbons (Fsp3) is 0.571. The highest BCUT2D eigenvalue weighted by Crippen LogP contribution is 2.15. The van der Waals surface area contributed by atoms with E-state index in [1.807, 2.05) is 0 Å². The minimum absolute atomic E-state index is 0.686. The summed E-state index contributed by atoms with van der Waals surface area (Å²) in [5, 5.41) is 0. The van der Waals surface area contributed by atoms with Crippen molar-refractivity contribution in [2.24, 2.45) is 0 Å². The number of rotatable bonds is 3. The summed E-state index contributed by atoms with van der Waals surface area (Å²) in [5.74, 6) is -0.686. The van der Waals surface area contributed by atoms with Crippen LogP contribution in [0, 0.1) is 0 Å². The number of carbonyl (C=O) groups is 1. The van der Waals surface area contributed by atoms with Gasteiger partial charge >= 0.3 is 12.1 Å². The Morgan fingerprint density at radius 1 is 1.54 bits per heavy atom. The Morgan fingerprint density at radius 2 is 2.08 bits per heavy atom. The first-order chi connectivity index (χ1) is 5.85. The third kappa shape index (κ3) is 7.17. The zero-order valence-corrected chi connectivity index (χ0v) is 7.26. The molecule has 76 valence electrons. The lowest BCUT2D eigenvalue weighted by Crippen LogP contribution is -2.27. The van der Waals surface area contributed by atoms with Gasteiger partial charge in [0.25, 0.3) is 0 Å². The van der Waals surface area contributed by atoms with Crippen LogP contribution >= 0.6 is 0 Å². The molecule has 0 heterocycles. The van der Waals surface area contributed by atoms with Gasteiger partial charge in [-0.25, -0.2) is 4.79 Å². The van der Waals surface area contributed by atoms with Gasteiger partial charge in [0.05, 0.1) is 7.11 Å². The molecule has 0 saturated heterocycles.